The van der Waals surface area contributed by atoms with Crippen molar-refractivity contribution in [3.8, 4) is 11.5 Å². The van der Waals surface area contributed by atoms with Crippen molar-refractivity contribution in [1.82, 2.24) is 0 Å². The number of nitrogens with one attached hydrogen (secondary N) is 1. The number of hydrogen-bond donors (Lipinski definition) is 1. The molecular weight excluding hydrogens is 368 g/mol. The molecule has 146 valence electrons. The van der Waals surface area contributed by atoms with Crippen molar-refractivity contribution in [2.24, 2.45) is 0 Å². The van der Waals surface area contributed by atoms with Gasteiger partial charge in [0.05, 0.1) is 32.4 Å². The number of hydrogen-bond acceptors (Lipinski definition) is 7. The summed E-state index contributed by atoms with van der Waals surface area (Å²) in [6.07, 6.45) is 0. The number of thiophene rings is 1. The molecular formula is C19H24N2O5S. The van der Waals surface area contributed by atoms with E-state index in [2.05, 4.69) is 5.32 Å². The van der Waals surface area contributed by atoms with Gasteiger partial charge in [0, 0.05) is 18.8 Å². The number of aryl methyl sites for hydroxylation is 1. The molecule has 0 atom stereocenters. The summed E-state index contributed by atoms with van der Waals surface area (Å²) < 4.78 is 15.5. The van der Waals surface area contributed by atoms with Crippen LogP contribution in [-0.4, -0.2) is 46.3 Å². The van der Waals surface area contributed by atoms with Crippen LogP contribution in [-0.2, 0) is 9.53 Å². The number of nitrogens with zero attached hydrogens (tertiary/aromatic N) is 1. The van der Waals surface area contributed by atoms with E-state index in [4.69, 9.17) is 14.2 Å². The Morgan fingerprint density at radius 1 is 1.15 bits per heavy atom. The molecule has 1 amide bonds. The third-order valence-corrected chi connectivity index (χ3v) is 4.96. The number of anilines is 2. The van der Waals surface area contributed by atoms with Crippen molar-refractivity contribution < 1.29 is 23.8 Å². The van der Waals surface area contributed by atoms with Crippen LogP contribution in [0.3, 0.4) is 0 Å². The maximum absolute atomic E-state index is 12.4. The number of benzene rings is 1. The summed E-state index contributed by atoms with van der Waals surface area (Å²) in [5.41, 5.74) is 1.60. The number of ether oxygens (including phenoxy) is 3. The Hall–Kier alpha value is -2.74. The van der Waals surface area contributed by atoms with E-state index in [1.165, 1.54) is 11.3 Å². The molecule has 0 bridgehead atoms. The molecule has 1 aromatic carbocycles. The Kier molecular flexibility index (Phi) is 7.06. The van der Waals surface area contributed by atoms with Gasteiger partial charge in [-0.25, -0.2) is 4.79 Å². The topological polar surface area (TPSA) is 77.1 Å². The lowest BCUT2D eigenvalue weighted by molar-refractivity contribution is -0.114. The molecule has 8 heteroatoms. The smallest absolute Gasteiger partial charge is 0.348 e. The molecule has 0 spiro atoms. The van der Waals surface area contributed by atoms with Crippen LogP contribution in [0.2, 0.25) is 0 Å². The van der Waals surface area contributed by atoms with E-state index in [-0.39, 0.29) is 18.4 Å². The number of likely N-dealkylation sites (N-methyl/N-ethyl adjacent to an activating group) is 1. The van der Waals surface area contributed by atoms with Gasteiger partial charge in [-0.15, -0.1) is 11.3 Å². The molecule has 0 saturated heterocycles. The molecule has 0 aliphatic carbocycles. The summed E-state index contributed by atoms with van der Waals surface area (Å²) in [4.78, 5) is 26.6. The summed E-state index contributed by atoms with van der Waals surface area (Å²) in [6, 6.07) is 7.21. The second kappa shape index (κ2) is 9.27. The van der Waals surface area contributed by atoms with Gasteiger partial charge >= 0.3 is 5.97 Å². The number of methoxy groups -OCH3 is 2. The molecule has 0 aliphatic rings. The molecule has 7 nitrogen and oxygen atoms in total. The fraction of sp³-hybridized carbons (Fsp3) is 0.368. The van der Waals surface area contributed by atoms with Crippen molar-refractivity contribution in [1.29, 1.82) is 0 Å². The molecule has 2 aromatic rings. The maximum atomic E-state index is 12.4. The van der Waals surface area contributed by atoms with Crippen molar-refractivity contribution in [3.63, 3.8) is 0 Å². The van der Waals surface area contributed by atoms with Crippen LogP contribution in [0.1, 0.15) is 22.2 Å². The van der Waals surface area contributed by atoms with E-state index in [1.807, 2.05) is 20.0 Å². The van der Waals surface area contributed by atoms with E-state index in [9.17, 15) is 9.59 Å². The summed E-state index contributed by atoms with van der Waals surface area (Å²) in [7, 11) is 4.95. The molecule has 2 rings (SSSR count). The molecule has 0 saturated carbocycles. The first-order valence-corrected chi connectivity index (χ1v) is 9.21. The average Bonchev–Trinajstić information content (AvgIpc) is 3.01. The van der Waals surface area contributed by atoms with E-state index in [1.54, 1.807) is 44.2 Å². The molecule has 0 aliphatic heterocycles. The van der Waals surface area contributed by atoms with Crippen molar-refractivity contribution >= 4 is 33.9 Å². The molecule has 1 aromatic heterocycles. The van der Waals surface area contributed by atoms with Gasteiger partial charge in [-0.1, -0.05) is 0 Å². The summed E-state index contributed by atoms with van der Waals surface area (Å²) in [5.74, 6) is 0.654. The van der Waals surface area contributed by atoms with Gasteiger partial charge in [0.25, 0.3) is 0 Å². The zero-order valence-electron chi connectivity index (χ0n) is 16.1. The summed E-state index contributed by atoms with van der Waals surface area (Å²) in [6.45, 7) is 4.02. The van der Waals surface area contributed by atoms with Gasteiger partial charge in [0.2, 0.25) is 5.91 Å². The van der Waals surface area contributed by atoms with Crippen LogP contribution in [0.4, 0.5) is 10.7 Å². The average molecular weight is 392 g/mol. The van der Waals surface area contributed by atoms with Crippen LogP contribution in [0.15, 0.2) is 24.3 Å². The van der Waals surface area contributed by atoms with Gasteiger partial charge in [0.1, 0.15) is 4.88 Å². The fourth-order valence-corrected chi connectivity index (χ4v) is 3.47. The largest absolute Gasteiger partial charge is 0.493 e. The minimum absolute atomic E-state index is 0.140. The quantitative estimate of drug-likeness (QED) is 0.695. The van der Waals surface area contributed by atoms with Crippen molar-refractivity contribution in [2.45, 2.75) is 13.8 Å². The minimum Gasteiger partial charge on any atom is -0.493 e. The zero-order chi connectivity index (χ0) is 20.0. The highest BCUT2D eigenvalue weighted by Crippen LogP contribution is 2.31. The first-order chi connectivity index (χ1) is 12.9. The monoisotopic (exact) mass is 392 g/mol. The third kappa shape index (κ3) is 5.13. The van der Waals surface area contributed by atoms with Gasteiger partial charge in [-0.05, 0) is 37.6 Å². The predicted octanol–water partition coefficient (Wildman–Crippen LogP) is 3.33. The predicted molar refractivity (Wildman–Crippen MR) is 106 cm³/mol. The summed E-state index contributed by atoms with van der Waals surface area (Å²) in [5, 5.41) is 3.44. The van der Waals surface area contributed by atoms with Crippen molar-refractivity contribution in [2.75, 3.05) is 44.6 Å². The molecule has 27 heavy (non-hydrogen) atoms. The lowest BCUT2D eigenvalue weighted by atomic mass is 10.2. The second-order valence-electron chi connectivity index (χ2n) is 5.79. The number of carbonyl (C=O) groups is 2. The van der Waals surface area contributed by atoms with Crippen LogP contribution in [0, 0.1) is 6.92 Å². The maximum Gasteiger partial charge on any atom is 0.348 e. The van der Waals surface area contributed by atoms with E-state index >= 15 is 0 Å². The van der Waals surface area contributed by atoms with E-state index in [0.717, 1.165) is 11.3 Å². The molecule has 1 N–H and O–H groups in total. The standard InChI is InChI=1S/C19H24N2O5S/c1-6-26-19(23)18-12(2)9-17(27-18)20-16(22)11-21(3)13-7-8-14(24-4)15(10-13)25-5/h7-10H,6,11H2,1-5H3,(H,20,22). The number of carbonyl (C=O) groups excluding carboxylic acids is 2. The van der Waals surface area contributed by atoms with Crippen LogP contribution < -0.4 is 19.7 Å². The lowest BCUT2D eigenvalue weighted by Crippen LogP contribution is -2.29. The molecule has 0 fully saturated rings. The van der Waals surface area contributed by atoms with E-state index < -0.39 is 0 Å². The summed E-state index contributed by atoms with van der Waals surface area (Å²) >= 11 is 1.21. The Morgan fingerprint density at radius 2 is 1.85 bits per heavy atom. The van der Waals surface area contributed by atoms with Crippen molar-refractivity contribution in [3.05, 3.63) is 34.7 Å². The first kappa shape index (κ1) is 20.6. The Labute approximate surface area is 162 Å². The highest BCUT2D eigenvalue weighted by atomic mass is 32.1. The van der Waals surface area contributed by atoms with Gasteiger partial charge in [-0.2, -0.15) is 0 Å². The Bertz CT molecular complexity index is 818. The number of esters is 1. The lowest BCUT2D eigenvalue weighted by Gasteiger charge is -2.20. The van der Waals surface area contributed by atoms with Crippen LogP contribution >= 0.6 is 11.3 Å². The third-order valence-electron chi connectivity index (χ3n) is 3.83. The normalized spacial score (nSPS) is 10.3. The zero-order valence-corrected chi connectivity index (χ0v) is 16.9. The molecule has 0 unspecified atom stereocenters. The van der Waals surface area contributed by atoms with Gasteiger partial charge < -0.3 is 24.4 Å². The van der Waals surface area contributed by atoms with Crippen LogP contribution in [0.25, 0.3) is 0 Å². The van der Waals surface area contributed by atoms with Gasteiger partial charge in [-0.3, -0.25) is 4.79 Å². The fourth-order valence-electron chi connectivity index (χ4n) is 2.49. The Balaban J connectivity index is 2.03. The molecule has 0 radical (unpaired) electrons. The first-order valence-electron chi connectivity index (χ1n) is 8.40. The minimum atomic E-state index is -0.372. The highest BCUT2D eigenvalue weighted by Gasteiger charge is 2.17. The SMILES string of the molecule is CCOC(=O)c1sc(NC(=O)CN(C)c2ccc(OC)c(OC)c2)cc1C. The van der Waals surface area contributed by atoms with Gasteiger partial charge in [0.15, 0.2) is 11.5 Å². The number of rotatable bonds is 8. The molecule has 1 heterocycles. The second-order valence-corrected chi connectivity index (χ2v) is 6.84. The Morgan fingerprint density at radius 3 is 2.48 bits per heavy atom. The number of amides is 1. The highest BCUT2D eigenvalue weighted by molar-refractivity contribution is 7.18. The van der Waals surface area contributed by atoms with E-state index in [0.29, 0.717) is 28.0 Å². The van der Waals surface area contributed by atoms with Crippen LogP contribution in [0.5, 0.6) is 11.5 Å².